The van der Waals surface area contributed by atoms with Crippen LogP contribution in [0.2, 0.25) is 23.2 Å². The van der Waals surface area contributed by atoms with Crippen LogP contribution in [0.4, 0.5) is 0 Å². The van der Waals surface area contributed by atoms with E-state index in [1.54, 1.807) is 14.2 Å². The highest BCUT2D eigenvalue weighted by molar-refractivity contribution is 6.70. The fourth-order valence-corrected chi connectivity index (χ4v) is 11.0. The molecule has 6 heteroatoms. The molecule has 4 nitrogen and oxygen atoms in total. The van der Waals surface area contributed by atoms with E-state index < -0.39 is 17.1 Å². The van der Waals surface area contributed by atoms with Crippen LogP contribution in [0.5, 0.6) is 11.5 Å². The van der Waals surface area contributed by atoms with Crippen LogP contribution < -0.4 is 8.85 Å². The van der Waals surface area contributed by atoms with Crippen molar-refractivity contribution in [1.82, 2.24) is 0 Å². The molecule has 0 heterocycles. The summed E-state index contributed by atoms with van der Waals surface area (Å²) in [7, 11) is -0.656. The zero-order valence-corrected chi connectivity index (χ0v) is 23.4. The average Bonchev–Trinajstić information content (AvgIpc) is 2.77. The summed E-state index contributed by atoms with van der Waals surface area (Å²) in [5.74, 6) is 1.84. The molecule has 0 unspecified atom stereocenters. The molecule has 0 atom stereocenters. The number of hydrogen-bond donors (Lipinski definition) is 0. The first-order chi connectivity index (χ1) is 15.3. The Morgan fingerprint density at radius 2 is 0.969 bits per heavy atom. The number of para-hydroxylation sites is 2. The zero-order valence-electron chi connectivity index (χ0n) is 21.4. The minimum absolute atomic E-state index is 0.512. The van der Waals surface area contributed by atoms with Gasteiger partial charge in [0, 0.05) is 26.3 Å². The Bertz CT molecular complexity index is 660. The number of benzene rings is 2. The van der Waals surface area contributed by atoms with E-state index in [9.17, 15) is 0 Å². The Hall–Kier alpha value is -1.61. The van der Waals surface area contributed by atoms with Crippen molar-refractivity contribution in [2.75, 3.05) is 14.2 Å². The van der Waals surface area contributed by atoms with Crippen molar-refractivity contribution in [1.29, 1.82) is 0 Å². The average molecular weight is 477 g/mol. The van der Waals surface area contributed by atoms with E-state index in [0.717, 1.165) is 36.4 Å². The van der Waals surface area contributed by atoms with E-state index in [2.05, 4.69) is 41.5 Å². The van der Waals surface area contributed by atoms with Crippen LogP contribution in [0.3, 0.4) is 0 Å². The predicted octanol–water partition coefficient (Wildman–Crippen LogP) is 7.95. The lowest BCUT2D eigenvalue weighted by molar-refractivity contribution is 0.223. The Kier molecular flexibility index (Phi) is 12.9. The predicted molar refractivity (Wildman–Crippen MR) is 140 cm³/mol. The molecule has 0 radical (unpaired) electrons. The first-order valence-corrected chi connectivity index (χ1v) is 16.1. The SMILES string of the molecule is CCC[Si](CCC)(Oc1ccccc1)Oc1ccccc1.CO[Si](OC)(C(C)C)C(C)C. The second kappa shape index (κ2) is 14.5. The Morgan fingerprint density at radius 1 is 0.625 bits per heavy atom. The molecule has 0 aromatic heterocycles. The Balaban J connectivity index is 0.000000396. The van der Waals surface area contributed by atoms with Gasteiger partial charge >= 0.3 is 17.1 Å². The van der Waals surface area contributed by atoms with Gasteiger partial charge in [0.05, 0.1) is 0 Å². The summed E-state index contributed by atoms with van der Waals surface area (Å²) in [4.78, 5) is 0. The molecule has 0 bridgehead atoms. The molecule has 0 saturated heterocycles. The van der Waals surface area contributed by atoms with Crippen LogP contribution in [0.1, 0.15) is 54.4 Å². The molecule has 2 aromatic carbocycles. The molecule has 0 fully saturated rings. The quantitative estimate of drug-likeness (QED) is 0.291. The van der Waals surface area contributed by atoms with Crippen LogP contribution in [0.15, 0.2) is 60.7 Å². The maximum absolute atomic E-state index is 6.40. The van der Waals surface area contributed by atoms with E-state index in [0.29, 0.717) is 11.1 Å². The van der Waals surface area contributed by atoms with E-state index >= 15 is 0 Å². The van der Waals surface area contributed by atoms with E-state index in [1.165, 1.54) is 0 Å². The lowest BCUT2D eigenvalue weighted by atomic mass is 10.3. The van der Waals surface area contributed by atoms with Gasteiger partial charge in [0.25, 0.3) is 0 Å². The molecule has 32 heavy (non-hydrogen) atoms. The van der Waals surface area contributed by atoms with Gasteiger partial charge in [-0.05, 0) is 35.3 Å². The molecule has 0 aliphatic heterocycles. The van der Waals surface area contributed by atoms with E-state index in [1.807, 2.05) is 60.7 Å². The summed E-state index contributed by atoms with van der Waals surface area (Å²) in [6.07, 6.45) is 2.15. The van der Waals surface area contributed by atoms with Gasteiger partial charge in [0.2, 0.25) is 0 Å². The fraction of sp³-hybridized carbons (Fsp3) is 0.538. The highest BCUT2D eigenvalue weighted by Crippen LogP contribution is 2.33. The molecule has 2 aromatic rings. The van der Waals surface area contributed by atoms with Gasteiger partial charge in [-0.2, -0.15) is 0 Å². The number of rotatable bonds is 12. The third-order valence-corrected chi connectivity index (χ3v) is 13.8. The highest BCUT2D eigenvalue weighted by Gasteiger charge is 2.43. The van der Waals surface area contributed by atoms with Gasteiger partial charge < -0.3 is 17.7 Å². The highest BCUT2D eigenvalue weighted by atomic mass is 28.4. The summed E-state index contributed by atoms with van der Waals surface area (Å²) in [5, 5.41) is 0. The molecule has 0 N–H and O–H groups in total. The summed E-state index contributed by atoms with van der Waals surface area (Å²) in [6, 6.07) is 22.1. The second-order valence-electron chi connectivity index (χ2n) is 8.68. The monoisotopic (exact) mass is 476 g/mol. The van der Waals surface area contributed by atoms with Crippen molar-refractivity contribution in [3.63, 3.8) is 0 Å². The van der Waals surface area contributed by atoms with Crippen LogP contribution in [0.25, 0.3) is 0 Å². The first kappa shape index (κ1) is 28.4. The van der Waals surface area contributed by atoms with Gasteiger partial charge in [0.1, 0.15) is 11.5 Å². The van der Waals surface area contributed by atoms with Crippen LogP contribution in [0, 0.1) is 0 Å². The van der Waals surface area contributed by atoms with Gasteiger partial charge in [-0.1, -0.05) is 90.8 Å². The van der Waals surface area contributed by atoms with Crippen molar-refractivity contribution in [3.05, 3.63) is 60.7 Å². The summed E-state index contributed by atoms with van der Waals surface area (Å²) in [6.45, 7) is 13.1. The lowest BCUT2D eigenvalue weighted by Gasteiger charge is -2.34. The molecular formula is C26H44O4Si2. The molecule has 2 rings (SSSR count). The van der Waals surface area contributed by atoms with Crippen LogP contribution >= 0.6 is 0 Å². The van der Waals surface area contributed by atoms with Gasteiger partial charge in [-0.3, -0.25) is 0 Å². The summed E-state index contributed by atoms with van der Waals surface area (Å²) in [5.41, 5.74) is 1.02. The minimum atomic E-state index is -2.28. The zero-order chi connectivity index (χ0) is 24.0. The smallest absolute Gasteiger partial charge is 0.460 e. The van der Waals surface area contributed by atoms with Crippen molar-refractivity contribution in [2.45, 2.75) is 77.6 Å². The van der Waals surface area contributed by atoms with Crippen LogP contribution in [-0.4, -0.2) is 31.3 Å². The summed E-state index contributed by atoms with van der Waals surface area (Å²) < 4.78 is 23.9. The lowest BCUT2D eigenvalue weighted by Crippen LogP contribution is -2.48. The van der Waals surface area contributed by atoms with Crippen molar-refractivity contribution in [3.8, 4) is 11.5 Å². The molecule has 0 saturated carbocycles. The van der Waals surface area contributed by atoms with Crippen molar-refractivity contribution in [2.24, 2.45) is 0 Å². The molecule has 0 aliphatic carbocycles. The molecule has 0 amide bonds. The third-order valence-electron chi connectivity index (χ3n) is 5.60. The van der Waals surface area contributed by atoms with Gasteiger partial charge in [-0.25, -0.2) is 0 Å². The molecule has 0 aliphatic rings. The Labute approximate surface area is 198 Å². The first-order valence-electron chi connectivity index (χ1n) is 11.9. The maximum atomic E-state index is 6.40. The van der Waals surface area contributed by atoms with E-state index in [-0.39, 0.29) is 0 Å². The Morgan fingerprint density at radius 3 is 1.19 bits per heavy atom. The van der Waals surface area contributed by atoms with Crippen molar-refractivity contribution >= 4 is 17.1 Å². The second-order valence-corrected chi connectivity index (χ2v) is 16.5. The van der Waals surface area contributed by atoms with E-state index in [4.69, 9.17) is 17.7 Å². The fourth-order valence-electron chi connectivity index (χ4n) is 4.21. The van der Waals surface area contributed by atoms with Crippen LogP contribution in [-0.2, 0) is 8.85 Å². The molecule has 0 spiro atoms. The minimum Gasteiger partial charge on any atom is -0.512 e. The molecule has 180 valence electrons. The standard InChI is InChI=1S/C18H24O2Si.C8H20O2Si/c1-3-15-21(16-4-2,19-17-11-7-5-8-12-17)20-18-13-9-6-10-14-18;1-7(2)11(9-5,10-6)8(3)4/h5-14H,3-4,15-16H2,1-2H3;7-8H,1-6H3. The summed E-state index contributed by atoms with van der Waals surface area (Å²) >= 11 is 0. The normalized spacial score (nSPS) is 11.8. The largest absolute Gasteiger partial charge is 0.512 e. The maximum Gasteiger partial charge on any atom is 0.460 e. The topological polar surface area (TPSA) is 36.9 Å². The third kappa shape index (κ3) is 8.39. The number of hydrogen-bond acceptors (Lipinski definition) is 4. The molecular weight excluding hydrogens is 432 g/mol. The van der Waals surface area contributed by atoms with Gasteiger partial charge in [0.15, 0.2) is 0 Å². The van der Waals surface area contributed by atoms with Crippen molar-refractivity contribution < 1.29 is 17.7 Å². The van der Waals surface area contributed by atoms with Gasteiger partial charge in [-0.15, -0.1) is 0 Å².